The van der Waals surface area contributed by atoms with E-state index in [1.165, 1.54) is 25.5 Å². The molecule has 5 nitrogen and oxygen atoms in total. The second kappa shape index (κ2) is 5.68. The van der Waals surface area contributed by atoms with Gasteiger partial charge in [0.05, 0.1) is 17.8 Å². The average Bonchev–Trinajstić information content (AvgIpc) is 2.97. The highest BCUT2D eigenvalue weighted by atomic mass is 16.4. The first-order valence-electron chi connectivity index (χ1n) is 7.39. The maximum atomic E-state index is 11.3. The van der Waals surface area contributed by atoms with E-state index in [-0.39, 0.29) is 5.56 Å². The average molecular weight is 285 g/mol. The van der Waals surface area contributed by atoms with Gasteiger partial charge in [0.2, 0.25) is 0 Å². The maximum absolute atomic E-state index is 11.3. The molecule has 2 aromatic heterocycles. The van der Waals surface area contributed by atoms with Gasteiger partial charge in [-0.2, -0.15) is 5.10 Å². The van der Waals surface area contributed by atoms with E-state index < -0.39 is 5.97 Å². The Labute approximate surface area is 123 Å². The Hall–Kier alpha value is -2.17. The summed E-state index contributed by atoms with van der Waals surface area (Å²) in [6.45, 7) is 1.86. The molecule has 0 atom stereocenters. The number of hydrogen-bond donors (Lipinski definition) is 1. The van der Waals surface area contributed by atoms with Crippen molar-refractivity contribution in [1.82, 2.24) is 14.8 Å². The summed E-state index contributed by atoms with van der Waals surface area (Å²) < 4.78 is 2.00. The van der Waals surface area contributed by atoms with Crippen LogP contribution in [0.3, 0.4) is 0 Å². The molecule has 1 aliphatic rings. The van der Waals surface area contributed by atoms with Gasteiger partial charge >= 0.3 is 5.97 Å². The molecule has 0 bridgehead atoms. The zero-order chi connectivity index (χ0) is 14.8. The Morgan fingerprint density at radius 3 is 2.76 bits per heavy atom. The molecule has 1 saturated carbocycles. The van der Waals surface area contributed by atoms with Crippen LogP contribution >= 0.6 is 0 Å². The third-order valence-electron chi connectivity index (χ3n) is 4.13. The van der Waals surface area contributed by atoms with Gasteiger partial charge < -0.3 is 5.11 Å². The zero-order valence-electron chi connectivity index (χ0n) is 12.1. The van der Waals surface area contributed by atoms with E-state index in [1.807, 2.05) is 23.9 Å². The van der Waals surface area contributed by atoms with Crippen molar-refractivity contribution in [3.8, 4) is 11.1 Å². The number of carboxylic acids is 1. The fourth-order valence-electron chi connectivity index (χ4n) is 2.99. The van der Waals surface area contributed by atoms with Gasteiger partial charge in [0.25, 0.3) is 0 Å². The first-order chi connectivity index (χ1) is 10.1. The molecule has 2 heterocycles. The van der Waals surface area contributed by atoms with Gasteiger partial charge in [-0.15, -0.1) is 0 Å². The molecule has 0 unspecified atom stereocenters. The van der Waals surface area contributed by atoms with Crippen molar-refractivity contribution in [2.24, 2.45) is 0 Å². The van der Waals surface area contributed by atoms with Crippen molar-refractivity contribution < 1.29 is 9.90 Å². The van der Waals surface area contributed by atoms with Gasteiger partial charge in [-0.05, 0) is 25.8 Å². The minimum Gasteiger partial charge on any atom is -0.478 e. The molecule has 0 spiro atoms. The first kappa shape index (κ1) is 13.8. The van der Waals surface area contributed by atoms with Crippen LogP contribution in [-0.4, -0.2) is 25.8 Å². The molecule has 1 fully saturated rings. The van der Waals surface area contributed by atoms with Crippen molar-refractivity contribution in [2.75, 3.05) is 0 Å². The summed E-state index contributed by atoms with van der Waals surface area (Å²) in [6.07, 6.45) is 11.3. The molecular formula is C16H19N3O2. The van der Waals surface area contributed by atoms with Gasteiger partial charge in [-0.1, -0.05) is 19.3 Å². The van der Waals surface area contributed by atoms with E-state index in [1.54, 1.807) is 6.20 Å². The highest BCUT2D eigenvalue weighted by Gasteiger charge is 2.18. The quantitative estimate of drug-likeness (QED) is 0.937. The number of pyridine rings is 1. The van der Waals surface area contributed by atoms with Crippen molar-refractivity contribution >= 4 is 5.97 Å². The third kappa shape index (κ3) is 2.82. The fourth-order valence-corrected chi connectivity index (χ4v) is 2.99. The standard InChI is InChI=1S/C16H19N3O2/c1-11-7-14(15(9-17-11)16(20)21)12-8-18-19(10-12)13-5-3-2-4-6-13/h7-10,13H,2-6H2,1H3,(H,20,21). The van der Waals surface area contributed by atoms with Crippen LogP contribution in [0.1, 0.15) is 54.2 Å². The summed E-state index contributed by atoms with van der Waals surface area (Å²) >= 11 is 0. The number of carbonyl (C=O) groups is 1. The predicted octanol–water partition coefficient (Wildman–Crippen LogP) is 3.46. The van der Waals surface area contributed by atoms with E-state index in [9.17, 15) is 9.90 Å². The molecule has 5 heteroatoms. The third-order valence-corrected chi connectivity index (χ3v) is 4.13. The van der Waals surface area contributed by atoms with Crippen LogP contribution < -0.4 is 0 Å². The monoisotopic (exact) mass is 285 g/mol. The molecular weight excluding hydrogens is 266 g/mol. The number of aryl methyl sites for hydroxylation is 1. The lowest BCUT2D eigenvalue weighted by Crippen LogP contribution is -2.12. The number of aromatic nitrogens is 3. The molecule has 0 amide bonds. The summed E-state index contributed by atoms with van der Waals surface area (Å²) in [5, 5.41) is 13.8. The van der Waals surface area contributed by atoms with Crippen LogP contribution in [0.25, 0.3) is 11.1 Å². The highest BCUT2D eigenvalue weighted by molar-refractivity contribution is 5.95. The normalized spacial score (nSPS) is 16.0. The molecule has 1 N–H and O–H groups in total. The minimum atomic E-state index is -0.956. The van der Waals surface area contributed by atoms with Crippen LogP contribution in [0.15, 0.2) is 24.7 Å². The van der Waals surface area contributed by atoms with E-state index in [0.29, 0.717) is 11.6 Å². The molecule has 0 aromatic carbocycles. The number of nitrogens with zero attached hydrogens (tertiary/aromatic N) is 3. The van der Waals surface area contributed by atoms with Crippen LogP contribution in [-0.2, 0) is 0 Å². The lowest BCUT2D eigenvalue weighted by atomic mass is 9.96. The SMILES string of the molecule is Cc1cc(-c2cnn(C3CCCCC3)c2)c(C(=O)O)cn1. The fraction of sp³-hybridized carbons (Fsp3) is 0.438. The number of hydrogen-bond acceptors (Lipinski definition) is 3. The van der Waals surface area contributed by atoms with Gasteiger partial charge in [-0.25, -0.2) is 4.79 Å². The van der Waals surface area contributed by atoms with Crippen molar-refractivity contribution in [2.45, 2.75) is 45.1 Å². The Morgan fingerprint density at radius 2 is 2.05 bits per heavy atom. The van der Waals surface area contributed by atoms with Crippen molar-refractivity contribution in [1.29, 1.82) is 0 Å². The summed E-state index contributed by atoms with van der Waals surface area (Å²) in [7, 11) is 0. The molecule has 0 aliphatic heterocycles. The first-order valence-corrected chi connectivity index (χ1v) is 7.39. The van der Waals surface area contributed by atoms with Gasteiger partial charge in [0.1, 0.15) is 0 Å². The van der Waals surface area contributed by atoms with Gasteiger partial charge in [0, 0.05) is 29.2 Å². The maximum Gasteiger partial charge on any atom is 0.337 e. The number of aromatic carboxylic acids is 1. The lowest BCUT2D eigenvalue weighted by molar-refractivity contribution is 0.0697. The smallest absolute Gasteiger partial charge is 0.337 e. The second-order valence-corrected chi connectivity index (χ2v) is 5.68. The Balaban J connectivity index is 1.95. The van der Waals surface area contributed by atoms with E-state index >= 15 is 0 Å². The Bertz CT molecular complexity index is 657. The molecule has 21 heavy (non-hydrogen) atoms. The molecule has 110 valence electrons. The summed E-state index contributed by atoms with van der Waals surface area (Å²) in [5.74, 6) is -0.956. The summed E-state index contributed by atoms with van der Waals surface area (Å²) in [5.41, 5.74) is 2.57. The second-order valence-electron chi connectivity index (χ2n) is 5.68. The minimum absolute atomic E-state index is 0.226. The lowest BCUT2D eigenvalue weighted by Gasteiger charge is -2.21. The molecule has 1 aliphatic carbocycles. The van der Waals surface area contributed by atoms with E-state index in [2.05, 4.69) is 10.1 Å². The van der Waals surface area contributed by atoms with Crippen molar-refractivity contribution in [3.05, 3.63) is 35.9 Å². The summed E-state index contributed by atoms with van der Waals surface area (Å²) in [6, 6.07) is 2.26. The predicted molar refractivity (Wildman–Crippen MR) is 79.3 cm³/mol. The summed E-state index contributed by atoms with van der Waals surface area (Å²) in [4.78, 5) is 15.4. The highest BCUT2D eigenvalue weighted by Crippen LogP contribution is 2.30. The van der Waals surface area contributed by atoms with Crippen LogP contribution in [0.2, 0.25) is 0 Å². The van der Waals surface area contributed by atoms with E-state index in [0.717, 1.165) is 24.1 Å². The number of carboxylic acid groups (broad SMARTS) is 1. The van der Waals surface area contributed by atoms with Gasteiger partial charge in [-0.3, -0.25) is 9.67 Å². The van der Waals surface area contributed by atoms with E-state index in [4.69, 9.17) is 0 Å². The van der Waals surface area contributed by atoms with Crippen molar-refractivity contribution in [3.63, 3.8) is 0 Å². The van der Waals surface area contributed by atoms with Crippen LogP contribution in [0, 0.1) is 6.92 Å². The number of rotatable bonds is 3. The molecule has 0 radical (unpaired) electrons. The largest absolute Gasteiger partial charge is 0.478 e. The van der Waals surface area contributed by atoms with Crippen LogP contribution in [0.4, 0.5) is 0 Å². The topological polar surface area (TPSA) is 68.0 Å². The molecule has 0 saturated heterocycles. The Morgan fingerprint density at radius 1 is 1.29 bits per heavy atom. The molecule has 2 aromatic rings. The Kier molecular flexibility index (Phi) is 3.73. The van der Waals surface area contributed by atoms with Gasteiger partial charge in [0.15, 0.2) is 0 Å². The van der Waals surface area contributed by atoms with Crippen LogP contribution in [0.5, 0.6) is 0 Å². The zero-order valence-corrected chi connectivity index (χ0v) is 12.1. The molecule has 3 rings (SSSR count).